The van der Waals surface area contributed by atoms with Crippen molar-refractivity contribution in [2.24, 2.45) is 0 Å². The number of thioether (sulfide) groups is 1. The zero-order chi connectivity index (χ0) is 18.2. The lowest BCUT2D eigenvalue weighted by atomic mass is 10.2. The maximum absolute atomic E-state index is 12.0. The Morgan fingerprint density at radius 2 is 2.00 bits per heavy atom. The largest absolute Gasteiger partial charge is 0.497 e. The molecule has 1 amide bonds. The summed E-state index contributed by atoms with van der Waals surface area (Å²) >= 11 is 1.44. The molecule has 0 saturated heterocycles. The van der Waals surface area contributed by atoms with Gasteiger partial charge in [0.15, 0.2) is 11.0 Å². The van der Waals surface area contributed by atoms with E-state index in [2.05, 4.69) is 27.0 Å². The predicted octanol–water partition coefficient (Wildman–Crippen LogP) is 3.37. The number of ether oxygens (including phenoxy) is 1. The Labute approximate surface area is 153 Å². The summed E-state index contributed by atoms with van der Waals surface area (Å²) in [6.45, 7) is 7.42. The van der Waals surface area contributed by atoms with E-state index in [4.69, 9.17) is 4.74 Å². The van der Waals surface area contributed by atoms with Gasteiger partial charge in [-0.15, -0.1) is 10.2 Å². The Kier molecular flexibility index (Phi) is 7.31. The van der Waals surface area contributed by atoms with Crippen LogP contribution in [0.15, 0.2) is 29.4 Å². The van der Waals surface area contributed by atoms with Gasteiger partial charge >= 0.3 is 0 Å². The lowest BCUT2D eigenvalue weighted by Crippen LogP contribution is -2.30. The standard InChI is InChI=1S/C18H26N4O2S/c1-5-7-12-22-16(14-8-10-15(24-4)11-9-14)20-21-18(22)25-13(3)17(23)19-6-2/h8-11,13H,5-7,12H2,1-4H3,(H,19,23)/t13-/m1/s1. The molecule has 0 spiro atoms. The van der Waals surface area contributed by atoms with Crippen LogP contribution in [0.4, 0.5) is 0 Å². The monoisotopic (exact) mass is 362 g/mol. The van der Waals surface area contributed by atoms with Crippen LogP contribution in [-0.4, -0.2) is 39.6 Å². The second-order valence-electron chi connectivity index (χ2n) is 5.69. The molecule has 0 aliphatic heterocycles. The molecule has 0 fully saturated rings. The van der Waals surface area contributed by atoms with Gasteiger partial charge in [-0.05, 0) is 44.5 Å². The van der Waals surface area contributed by atoms with E-state index in [0.29, 0.717) is 6.54 Å². The molecule has 2 rings (SSSR count). The van der Waals surface area contributed by atoms with Gasteiger partial charge < -0.3 is 14.6 Å². The van der Waals surface area contributed by atoms with Gasteiger partial charge in [-0.2, -0.15) is 0 Å². The van der Waals surface area contributed by atoms with E-state index < -0.39 is 0 Å². The number of rotatable bonds is 9. The number of methoxy groups -OCH3 is 1. The van der Waals surface area contributed by atoms with Crippen molar-refractivity contribution < 1.29 is 9.53 Å². The van der Waals surface area contributed by atoms with E-state index in [1.165, 1.54) is 11.8 Å². The van der Waals surface area contributed by atoms with E-state index in [1.807, 2.05) is 38.1 Å². The first-order chi connectivity index (χ1) is 12.1. The minimum absolute atomic E-state index is 0.0172. The third-order valence-corrected chi connectivity index (χ3v) is 4.88. The zero-order valence-electron chi connectivity index (χ0n) is 15.3. The number of unbranched alkanes of at least 4 members (excludes halogenated alkanes) is 1. The quantitative estimate of drug-likeness (QED) is 0.693. The fraction of sp³-hybridized carbons (Fsp3) is 0.500. The lowest BCUT2D eigenvalue weighted by molar-refractivity contribution is -0.120. The number of carbonyl (C=O) groups excluding carboxylic acids is 1. The Hall–Kier alpha value is -2.02. The minimum atomic E-state index is -0.215. The number of nitrogens with one attached hydrogen (secondary N) is 1. The summed E-state index contributed by atoms with van der Waals surface area (Å²) in [5.74, 6) is 1.65. The van der Waals surface area contributed by atoms with Crippen LogP contribution in [-0.2, 0) is 11.3 Å². The van der Waals surface area contributed by atoms with Crippen LogP contribution in [0.1, 0.15) is 33.6 Å². The van der Waals surface area contributed by atoms with E-state index in [0.717, 1.165) is 41.7 Å². The summed E-state index contributed by atoms with van der Waals surface area (Å²) in [6.07, 6.45) is 2.11. The molecule has 0 bridgehead atoms. The van der Waals surface area contributed by atoms with Crippen LogP contribution in [0.25, 0.3) is 11.4 Å². The van der Waals surface area contributed by atoms with Crippen LogP contribution in [0, 0.1) is 0 Å². The lowest BCUT2D eigenvalue weighted by Gasteiger charge is -2.13. The molecule has 0 aliphatic carbocycles. The first kappa shape index (κ1) is 19.3. The second kappa shape index (κ2) is 9.46. The number of carbonyl (C=O) groups is 1. The smallest absolute Gasteiger partial charge is 0.233 e. The van der Waals surface area contributed by atoms with E-state index in [-0.39, 0.29) is 11.2 Å². The first-order valence-corrected chi connectivity index (χ1v) is 9.50. The van der Waals surface area contributed by atoms with Crippen molar-refractivity contribution in [2.75, 3.05) is 13.7 Å². The van der Waals surface area contributed by atoms with Crippen molar-refractivity contribution in [3.05, 3.63) is 24.3 Å². The average Bonchev–Trinajstić information content (AvgIpc) is 3.02. The third-order valence-electron chi connectivity index (χ3n) is 3.80. The highest BCUT2D eigenvalue weighted by atomic mass is 32.2. The molecular formula is C18H26N4O2S. The van der Waals surface area contributed by atoms with Crippen molar-refractivity contribution >= 4 is 17.7 Å². The highest BCUT2D eigenvalue weighted by Gasteiger charge is 2.20. The second-order valence-corrected chi connectivity index (χ2v) is 7.00. The predicted molar refractivity (Wildman–Crippen MR) is 101 cm³/mol. The molecule has 2 aromatic rings. The summed E-state index contributed by atoms with van der Waals surface area (Å²) < 4.78 is 7.32. The summed E-state index contributed by atoms with van der Waals surface area (Å²) in [5, 5.41) is 12.1. The number of nitrogens with zero attached hydrogens (tertiary/aromatic N) is 3. The molecule has 1 N–H and O–H groups in total. The molecule has 1 aromatic carbocycles. The van der Waals surface area contributed by atoms with Crippen LogP contribution in [0.5, 0.6) is 5.75 Å². The number of hydrogen-bond donors (Lipinski definition) is 1. The molecule has 25 heavy (non-hydrogen) atoms. The molecule has 1 aromatic heterocycles. The van der Waals surface area contributed by atoms with Gasteiger partial charge in [-0.25, -0.2) is 0 Å². The summed E-state index contributed by atoms with van der Waals surface area (Å²) in [6, 6.07) is 7.79. The van der Waals surface area contributed by atoms with Gasteiger partial charge in [0.25, 0.3) is 0 Å². The SMILES string of the molecule is CCCCn1c(S[C@H](C)C(=O)NCC)nnc1-c1ccc(OC)cc1. The van der Waals surface area contributed by atoms with Gasteiger partial charge in [-0.3, -0.25) is 4.79 Å². The van der Waals surface area contributed by atoms with Crippen LogP contribution in [0.2, 0.25) is 0 Å². The number of amides is 1. The molecule has 6 nitrogen and oxygen atoms in total. The Morgan fingerprint density at radius 3 is 2.60 bits per heavy atom. The van der Waals surface area contributed by atoms with Crippen LogP contribution >= 0.6 is 11.8 Å². The van der Waals surface area contributed by atoms with Gasteiger partial charge in [-0.1, -0.05) is 25.1 Å². The van der Waals surface area contributed by atoms with Gasteiger partial charge in [0.1, 0.15) is 5.75 Å². The third kappa shape index (κ3) is 4.98. The summed E-state index contributed by atoms with van der Waals surface area (Å²) in [7, 11) is 1.65. The Morgan fingerprint density at radius 1 is 1.28 bits per heavy atom. The highest BCUT2D eigenvalue weighted by molar-refractivity contribution is 8.00. The molecule has 0 saturated carbocycles. The summed E-state index contributed by atoms with van der Waals surface area (Å²) in [4.78, 5) is 12.0. The Bertz CT molecular complexity index is 685. The van der Waals surface area contributed by atoms with Crippen molar-refractivity contribution in [3.63, 3.8) is 0 Å². The molecule has 0 radical (unpaired) electrons. The van der Waals surface area contributed by atoms with Gasteiger partial charge in [0, 0.05) is 18.7 Å². The topological polar surface area (TPSA) is 69.0 Å². The number of benzene rings is 1. The molecule has 1 heterocycles. The molecular weight excluding hydrogens is 336 g/mol. The van der Waals surface area contributed by atoms with Crippen LogP contribution < -0.4 is 10.1 Å². The highest BCUT2D eigenvalue weighted by Crippen LogP contribution is 2.28. The number of aromatic nitrogens is 3. The average molecular weight is 362 g/mol. The zero-order valence-corrected chi connectivity index (χ0v) is 16.1. The minimum Gasteiger partial charge on any atom is -0.497 e. The van der Waals surface area contributed by atoms with Crippen molar-refractivity contribution in [1.82, 2.24) is 20.1 Å². The fourth-order valence-electron chi connectivity index (χ4n) is 2.38. The maximum Gasteiger partial charge on any atom is 0.233 e. The molecule has 0 unspecified atom stereocenters. The van der Waals surface area contributed by atoms with Crippen molar-refractivity contribution in [3.8, 4) is 17.1 Å². The maximum atomic E-state index is 12.0. The summed E-state index contributed by atoms with van der Waals surface area (Å²) in [5.41, 5.74) is 0.988. The molecule has 1 atom stereocenters. The van der Waals surface area contributed by atoms with Crippen LogP contribution in [0.3, 0.4) is 0 Å². The molecule has 0 aliphatic rings. The molecule has 136 valence electrons. The normalized spacial score (nSPS) is 12.0. The number of hydrogen-bond acceptors (Lipinski definition) is 5. The van der Waals surface area contributed by atoms with E-state index >= 15 is 0 Å². The van der Waals surface area contributed by atoms with Gasteiger partial charge in [0.05, 0.1) is 12.4 Å². The fourth-order valence-corrected chi connectivity index (χ4v) is 3.28. The van der Waals surface area contributed by atoms with E-state index in [1.54, 1.807) is 7.11 Å². The van der Waals surface area contributed by atoms with Crippen molar-refractivity contribution in [2.45, 2.75) is 50.6 Å². The molecule has 7 heteroatoms. The van der Waals surface area contributed by atoms with Gasteiger partial charge in [0.2, 0.25) is 5.91 Å². The first-order valence-electron chi connectivity index (χ1n) is 8.62. The Balaban J connectivity index is 2.27. The van der Waals surface area contributed by atoms with E-state index in [9.17, 15) is 4.79 Å². The van der Waals surface area contributed by atoms with Crippen molar-refractivity contribution in [1.29, 1.82) is 0 Å².